The van der Waals surface area contributed by atoms with Gasteiger partial charge in [0.05, 0.1) is 7.11 Å². The van der Waals surface area contributed by atoms with Crippen molar-refractivity contribution < 1.29 is 28.7 Å². The van der Waals surface area contributed by atoms with Gasteiger partial charge in [-0.15, -0.1) is 0 Å². The van der Waals surface area contributed by atoms with Crippen LogP contribution >= 0.6 is 0 Å². The lowest BCUT2D eigenvalue weighted by molar-refractivity contribution is -0.154. The lowest BCUT2D eigenvalue weighted by Gasteiger charge is -2.21. The SMILES string of the molecule is CCCC[C@@H](NC(=O)C(=O)CCCCc1ccc(OC)cc1)C(=O)NCC(=O)OC(C)(C)C. The number of ether oxygens (including phenoxy) is 2. The van der Waals surface area contributed by atoms with Gasteiger partial charge in [0.1, 0.15) is 23.9 Å². The molecule has 0 unspecified atom stereocenters. The number of nitrogens with one attached hydrogen (secondary N) is 2. The molecular weight excluding hydrogens is 424 g/mol. The highest BCUT2D eigenvalue weighted by atomic mass is 16.6. The van der Waals surface area contributed by atoms with Crippen LogP contribution in [0.3, 0.4) is 0 Å². The Morgan fingerprint density at radius 3 is 2.24 bits per heavy atom. The fourth-order valence-corrected chi connectivity index (χ4v) is 3.10. The van der Waals surface area contributed by atoms with Crippen molar-refractivity contribution in [1.82, 2.24) is 10.6 Å². The van der Waals surface area contributed by atoms with E-state index in [9.17, 15) is 19.2 Å². The minimum Gasteiger partial charge on any atom is -0.497 e. The molecule has 0 radical (unpaired) electrons. The molecule has 0 heterocycles. The van der Waals surface area contributed by atoms with Gasteiger partial charge < -0.3 is 20.1 Å². The standard InChI is InChI=1S/C25H38N2O6/c1-6-7-11-20(23(30)26-17-22(29)33-25(2,3)4)27-24(31)21(28)12-9-8-10-18-13-15-19(32-5)16-14-18/h13-16,20H,6-12,17H2,1-5H3,(H,26,30)(H,27,31)/t20-/m1/s1. The van der Waals surface area contributed by atoms with E-state index >= 15 is 0 Å². The number of unbranched alkanes of at least 4 members (excludes halogenated alkanes) is 2. The number of esters is 1. The molecule has 0 saturated heterocycles. The van der Waals surface area contributed by atoms with Gasteiger partial charge in [-0.1, -0.05) is 31.9 Å². The molecule has 1 aromatic rings. The third kappa shape index (κ3) is 12.1. The number of rotatable bonds is 14. The van der Waals surface area contributed by atoms with Crippen molar-refractivity contribution in [1.29, 1.82) is 0 Å². The minimum absolute atomic E-state index is 0.113. The highest BCUT2D eigenvalue weighted by molar-refractivity contribution is 6.36. The average Bonchev–Trinajstić information content (AvgIpc) is 2.76. The van der Waals surface area contributed by atoms with E-state index in [0.717, 1.165) is 30.6 Å². The van der Waals surface area contributed by atoms with Crippen molar-refractivity contribution in [2.24, 2.45) is 0 Å². The van der Waals surface area contributed by atoms with Crippen molar-refractivity contribution in [2.75, 3.05) is 13.7 Å². The Kier molecular flexibility index (Phi) is 12.2. The maximum atomic E-state index is 12.5. The number of methoxy groups -OCH3 is 1. The van der Waals surface area contributed by atoms with Crippen LogP contribution in [0.1, 0.15) is 71.8 Å². The summed E-state index contributed by atoms with van der Waals surface area (Å²) in [5.41, 5.74) is 0.478. The van der Waals surface area contributed by atoms with Gasteiger partial charge in [-0.05, 0) is 64.2 Å². The first-order valence-electron chi connectivity index (χ1n) is 11.5. The van der Waals surface area contributed by atoms with Crippen LogP contribution in [-0.2, 0) is 30.3 Å². The van der Waals surface area contributed by atoms with Crippen molar-refractivity contribution in [3.63, 3.8) is 0 Å². The zero-order chi connectivity index (χ0) is 24.9. The summed E-state index contributed by atoms with van der Waals surface area (Å²) in [4.78, 5) is 48.9. The Balaban J connectivity index is 2.47. The lowest BCUT2D eigenvalue weighted by Crippen LogP contribution is -2.50. The Morgan fingerprint density at radius 2 is 1.67 bits per heavy atom. The minimum atomic E-state index is -0.872. The van der Waals surface area contributed by atoms with Crippen LogP contribution in [0.25, 0.3) is 0 Å². The molecule has 33 heavy (non-hydrogen) atoms. The van der Waals surface area contributed by atoms with Gasteiger partial charge >= 0.3 is 5.97 Å². The Hall–Kier alpha value is -2.90. The van der Waals surface area contributed by atoms with Gasteiger partial charge in [0.2, 0.25) is 11.7 Å². The third-order valence-corrected chi connectivity index (χ3v) is 4.83. The highest BCUT2D eigenvalue weighted by Crippen LogP contribution is 2.14. The number of hydrogen-bond acceptors (Lipinski definition) is 6. The zero-order valence-corrected chi connectivity index (χ0v) is 20.5. The molecule has 0 spiro atoms. The largest absolute Gasteiger partial charge is 0.497 e. The molecule has 1 rings (SSSR count). The highest BCUT2D eigenvalue weighted by Gasteiger charge is 2.24. The van der Waals surface area contributed by atoms with Crippen LogP contribution in [0.15, 0.2) is 24.3 Å². The first-order chi connectivity index (χ1) is 15.6. The van der Waals surface area contributed by atoms with Crippen molar-refractivity contribution >= 4 is 23.6 Å². The molecule has 8 heteroatoms. The molecule has 0 aliphatic carbocycles. The molecule has 1 aromatic carbocycles. The van der Waals surface area contributed by atoms with Gasteiger partial charge in [0.15, 0.2) is 0 Å². The first kappa shape index (κ1) is 28.1. The van der Waals surface area contributed by atoms with Crippen molar-refractivity contribution in [2.45, 2.75) is 84.3 Å². The van der Waals surface area contributed by atoms with Gasteiger partial charge in [-0.3, -0.25) is 19.2 Å². The second-order valence-corrected chi connectivity index (χ2v) is 8.95. The van der Waals surface area contributed by atoms with E-state index in [4.69, 9.17) is 9.47 Å². The number of carbonyl (C=O) groups is 4. The second-order valence-electron chi connectivity index (χ2n) is 8.95. The van der Waals surface area contributed by atoms with Crippen LogP contribution in [0.2, 0.25) is 0 Å². The first-order valence-corrected chi connectivity index (χ1v) is 11.5. The smallest absolute Gasteiger partial charge is 0.325 e. The molecule has 2 N–H and O–H groups in total. The van der Waals surface area contributed by atoms with Crippen molar-refractivity contribution in [3.8, 4) is 5.75 Å². The summed E-state index contributed by atoms with van der Waals surface area (Å²) >= 11 is 0. The number of aryl methyl sites for hydroxylation is 1. The predicted molar refractivity (Wildman–Crippen MR) is 126 cm³/mol. The average molecular weight is 463 g/mol. The maximum Gasteiger partial charge on any atom is 0.325 e. The van der Waals surface area contributed by atoms with Crippen LogP contribution < -0.4 is 15.4 Å². The molecule has 1 atom stereocenters. The topological polar surface area (TPSA) is 111 Å². The van der Waals surface area contributed by atoms with E-state index in [0.29, 0.717) is 19.3 Å². The van der Waals surface area contributed by atoms with E-state index in [-0.39, 0.29) is 13.0 Å². The summed E-state index contributed by atoms with van der Waals surface area (Å²) in [6.45, 7) is 6.87. The molecule has 0 aliphatic rings. The Bertz CT molecular complexity index is 783. The molecule has 184 valence electrons. The molecule has 0 aromatic heterocycles. The van der Waals surface area contributed by atoms with E-state index in [2.05, 4.69) is 10.6 Å². The molecule has 2 amide bonds. The monoisotopic (exact) mass is 462 g/mol. The number of Topliss-reactive ketones (excluding diaryl/α,β-unsaturated/α-hetero) is 1. The molecule has 0 aliphatic heterocycles. The molecular formula is C25H38N2O6. The molecule has 8 nitrogen and oxygen atoms in total. The number of benzene rings is 1. The second kappa shape index (κ2) is 14.3. The zero-order valence-electron chi connectivity index (χ0n) is 20.5. The molecule has 0 saturated carbocycles. The number of hydrogen-bond donors (Lipinski definition) is 2. The quantitative estimate of drug-likeness (QED) is 0.250. The third-order valence-electron chi connectivity index (χ3n) is 4.83. The summed E-state index contributed by atoms with van der Waals surface area (Å²) in [7, 11) is 1.61. The summed E-state index contributed by atoms with van der Waals surface area (Å²) in [6.07, 6.45) is 4.15. The fourth-order valence-electron chi connectivity index (χ4n) is 3.10. The summed E-state index contributed by atoms with van der Waals surface area (Å²) < 4.78 is 10.3. The fraction of sp³-hybridized carbons (Fsp3) is 0.600. The van der Waals surface area contributed by atoms with Gasteiger partial charge in [-0.2, -0.15) is 0 Å². The number of carbonyl (C=O) groups excluding carboxylic acids is 4. The summed E-state index contributed by atoms with van der Waals surface area (Å²) in [5.74, 6) is -1.60. The predicted octanol–water partition coefficient (Wildman–Crippen LogP) is 3.11. The van der Waals surface area contributed by atoms with E-state index in [1.54, 1.807) is 27.9 Å². The van der Waals surface area contributed by atoms with E-state index in [1.165, 1.54) is 0 Å². The number of amides is 2. The van der Waals surface area contributed by atoms with Gasteiger partial charge in [0, 0.05) is 6.42 Å². The summed E-state index contributed by atoms with van der Waals surface area (Å²) in [6, 6.07) is 6.85. The Morgan fingerprint density at radius 1 is 1.00 bits per heavy atom. The molecule has 0 fully saturated rings. The van der Waals surface area contributed by atoms with Crippen LogP contribution in [0.4, 0.5) is 0 Å². The van der Waals surface area contributed by atoms with E-state index in [1.807, 2.05) is 31.2 Å². The Labute approximate surface area is 196 Å². The summed E-state index contributed by atoms with van der Waals surface area (Å²) in [5, 5.41) is 5.02. The van der Waals surface area contributed by atoms with Crippen LogP contribution in [0, 0.1) is 0 Å². The van der Waals surface area contributed by atoms with Crippen LogP contribution in [0.5, 0.6) is 5.75 Å². The van der Waals surface area contributed by atoms with E-state index < -0.39 is 35.2 Å². The molecule has 0 bridgehead atoms. The maximum absolute atomic E-state index is 12.5. The van der Waals surface area contributed by atoms with Gasteiger partial charge in [0.25, 0.3) is 5.91 Å². The normalized spacial score (nSPS) is 11.9. The van der Waals surface area contributed by atoms with Gasteiger partial charge in [-0.25, -0.2) is 0 Å². The lowest BCUT2D eigenvalue weighted by atomic mass is 10.0. The van der Waals surface area contributed by atoms with Crippen molar-refractivity contribution in [3.05, 3.63) is 29.8 Å². The number of ketones is 1. The van der Waals surface area contributed by atoms with Crippen LogP contribution in [-0.4, -0.2) is 48.9 Å².